The summed E-state index contributed by atoms with van der Waals surface area (Å²) < 4.78 is 5.18. The summed E-state index contributed by atoms with van der Waals surface area (Å²) in [7, 11) is 1.51. The summed E-state index contributed by atoms with van der Waals surface area (Å²) in [5.41, 5.74) is 3.89. The van der Waals surface area contributed by atoms with Gasteiger partial charge < -0.3 is 10.1 Å². The molecular formula is C23H19ClN2O3S. The molecule has 0 atom stereocenters. The Morgan fingerprint density at radius 3 is 2.50 bits per heavy atom. The van der Waals surface area contributed by atoms with E-state index in [0.717, 1.165) is 26.6 Å². The first-order chi connectivity index (χ1) is 14.4. The fraction of sp³-hybridized carbons (Fsp3) is 0.130. The highest BCUT2D eigenvalue weighted by Gasteiger charge is 2.41. The molecule has 4 rings (SSSR count). The molecular weight excluding hydrogens is 420 g/mol. The van der Waals surface area contributed by atoms with E-state index in [2.05, 4.69) is 5.32 Å². The quantitative estimate of drug-likeness (QED) is 0.540. The number of ether oxygens (including phenoxy) is 1. The summed E-state index contributed by atoms with van der Waals surface area (Å²) in [5.74, 6) is -0.346. The number of aryl methyl sites for hydroxylation is 1. The molecule has 7 heteroatoms. The van der Waals surface area contributed by atoms with Gasteiger partial charge >= 0.3 is 0 Å². The minimum Gasteiger partial charge on any atom is -0.495 e. The van der Waals surface area contributed by atoms with Crippen molar-refractivity contribution in [1.29, 1.82) is 0 Å². The highest BCUT2D eigenvalue weighted by molar-refractivity contribution is 7.11. The molecule has 0 saturated heterocycles. The van der Waals surface area contributed by atoms with Gasteiger partial charge in [-0.05, 0) is 60.7 Å². The minimum atomic E-state index is -0.425. The Bertz CT molecular complexity index is 1190. The van der Waals surface area contributed by atoms with Crippen LogP contribution in [-0.2, 0) is 9.59 Å². The second-order valence-electron chi connectivity index (χ2n) is 6.86. The summed E-state index contributed by atoms with van der Waals surface area (Å²) in [6, 6.07) is 14.3. The van der Waals surface area contributed by atoms with E-state index in [-0.39, 0.29) is 5.70 Å². The van der Waals surface area contributed by atoms with Crippen LogP contribution in [-0.4, -0.2) is 18.9 Å². The van der Waals surface area contributed by atoms with E-state index < -0.39 is 11.8 Å². The number of carbonyl (C=O) groups is 2. The number of nitrogens with zero attached hydrogens (tertiary/aromatic N) is 1. The predicted molar refractivity (Wildman–Crippen MR) is 121 cm³/mol. The molecule has 2 heterocycles. The van der Waals surface area contributed by atoms with Gasteiger partial charge in [-0.1, -0.05) is 29.8 Å². The van der Waals surface area contributed by atoms with Crippen LogP contribution < -0.4 is 15.0 Å². The van der Waals surface area contributed by atoms with Crippen LogP contribution in [0.5, 0.6) is 5.75 Å². The standard InChI is InChI=1S/C23H19ClN2O3S/c1-13-6-4-7-17(14(13)2)25-21-20(19-8-5-11-30-19)22(27)26(23(21)28)15-9-10-18(29-3)16(24)12-15/h4-12,25H,1-3H3. The predicted octanol–water partition coefficient (Wildman–Crippen LogP) is 5.42. The normalized spacial score (nSPS) is 13.9. The van der Waals surface area contributed by atoms with Crippen molar-refractivity contribution in [2.45, 2.75) is 13.8 Å². The van der Waals surface area contributed by atoms with E-state index in [9.17, 15) is 9.59 Å². The second kappa shape index (κ2) is 7.97. The Hall–Kier alpha value is -3.09. The summed E-state index contributed by atoms with van der Waals surface area (Å²) in [6.45, 7) is 3.98. The third kappa shape index (κ3) is 3.38. The zero-order valence-corrected chi connectivity index (χ0v) is 18.2. The first-order valence-corrected chi connectivity index (χ1v) is 10.5. The first-order valence-electron chi connectivity index (χ1n) is 9.26. The Kier molecular flexibility index (Phi) is 5.37. The SMILES string of the molecule is COc1ccc(N2C(=O)C(Nc3cccc(C)c3C)=C(c3cccs3)C2=O)cc1Cl. The van der Waals surface area contributed by atoms with Crippen LogP contribution in [0.25, 0.3) is 5.57 Å². The van der Waals surface area contributed by atoms with E-state index in [1.165, 1.54) is 18.4 Å². The van der Waals surface area contributed by atoms with Crippen molar-refractivity contribution < 1.29 is 14.3 Å². The number of thiophene rings is 1. The molecule has 2 aromatic carbocycles. The third-order valence-corrected chi connectivity index (χ3v) is 6.29. The van der Waals surface area contributed by atoms with Gasteiger partial charge in [-0.2, -0.15) is 0 Å². The zero-order valence-electron chi connectivity index (χ0n) is 16.7. The lowest BCUT2D eigenvalue weighted by atomic mass is 10.1. The van der Waals surface area contributed by atoms with Gasteiger partial charge in [0, 0.05) is 10.6 Å². The largest absolute Gasteiger partial charge is 0.495 e. The van der Waals surface area contributed by atoms with Gasteiger partial charge in [-0.3, -0.25) is 9.59 Å². The molecule has 3 aromatic rings. The third-order valence-electron chi connectivity index (χ3n) is 5.11. The van der Waals surface area contributed by atoms with Crippen molar-refractivity contribution in [3.05, 3.63) is 80.6 Å². The van der Waals surface area contributed by atoms with Gasteiger partial charge in [0.2, 0.25) is 0 Å². The Labute approximate surface area is 183 Å². The Balaban J connectivity index is 1.81. The van der Waals surface area contributed by atoms with Gasteiger partial charge in [0.15, 0.2) is 0 Å². The molecule has 30 heavy (non-hydrogen) atoms. The molecule has 0 aliphatic carbocycles. The van der Waals surface area contributed by atoms with Crippen molar-refractivity contribution in [3.8, 4) is 5.75 Å². The van der Waals surface area contributed by atoms with Crippen LogP contribution in [0.1, 0.15) is 16.0 Å². The number of amides is 2. The number of imide groups is 1. The molecule has 0 radical (unpaired) electrons. The summed E-state index contributed by atoms with van der Waals surface area (Å²) in [5, 5.41) is 5.42. The lowest BCUT2D eigenvalue weighted by Gasteiger charge is -2.17. The number of carbonyl (C=O) groups excluding carboxylic acids is 2. The van der Waals surface area contributed by atoms with Crippen LogP contribution in [0.15, 0.2) is 59.6 Å². The average molecular weight is 439 g/mol. The molecule has 0 saturated carbocycles. The van der Waals surface area contributed by atoms with Gasteiger partial charge in [-0.25, -0.2) is 4.90 Å². The lowest BCUT2D eigenvalue weighted by molar-refractivity contribution is -0.120. The molecule has 1 aliphatic rings. The van der Waals surface area contributed by atoms with Gasteiger partial charge in [-0.15, -0.1) is 11.3 Å². The highest BCUT2D eigenvalue weighted by Crippen LogP contribution is 2.38. The Morgan fingerprint density at radius 1 is 1.03 bits per heavy atom. The van der Waals surface area contributed by atoms with Crippen molar-refractivity contribution in [3.63, 3.8) is 0 Å². The van der Waals surface area contributed by atoms with Crippen LogP contribution in [0.4, 0.5) is 11.4 Å². The lowest BCUT2D eigenvalue weighted by Crippen LogP contribution is -2.32. The molecule has 0 unspecified atom stereocenters. The van der Waals surface area contributed by atoms with Crippen LogP contribution in [0.2, 0.25) is 5.02 Å². The Morgan fingerprint density at radius 2 is 1.83 bits per heavy atom. The maximum Gasteiger partial charge on any atom is 0.282 e. The van der Waals surface area contributed by atoms with Crippen LogP contribution >= 0.6 is 22.9 Å². The van der Waals surface area contributed by atoms with Crippen molar-refractivity contribution in [1.82, 2.24) is 0 Å². The first kappa shape index (κ1) is 20.2. The monoisotopic (exact) mass is 438 g/mol. The minimum absolute atomic E-state index is 0.253. The number of halogens is 1. The smallest absolute Gasteiger partial charge is 0.282 e. The number of benzene rings is 2. The van der Waals surface area contributed by atoms with Crippen molar-refractivity contribution >= 4 is 51.7 Å². The van der Waals surface area contributed by atoms with E-state index in [4.69, 9.17) is 16.3 Å². The fourth-order valence-electron chi connectivity index (χ4n) is 3.35. The van der Waals surface area contributed by atoms with Crippen LogP contribution in [0, 0.1) is 13.8 Å². The molecule has 0 bridgehead atoms. The molecule has 0 spiro atoms. The van der Waals surface area contributed by atoms with Gasteiger partial charge in [0.05, 0.1) is 23.4 Å². The summed E-state index contributed by atoms with van der Waals surface area (Å²) in [4.78, 5) is 28.6. The number of anilines is 2. The van der Waals surface area contributed by atoms with Crippen molar-refractivity contribution in [2.24, 2.45) is 0 Å². The average Bonchev–Trinajstić information content (AvgIpc) is 3.32. The molecule has 0 fully saturated rings. The topological polar surface area (TPSA) is 58.6 Å². The second-order valence-corrected chi connectivity index (χ2v) is 8.22. The number of hydrogen-bond donors (Lipinski definition) is 1. The molecule has 2 amide bonds. The van der Waals surface area contributed by atoms with E-state index in [1.807, 2.05) is 49.6 Å². The highest BCUT2D eigenvalue weighted by atomic mass is 35.5. The van der Waals surface area contributed by atoms with Gasteiger partial charge in [0.1, 0.15) is 11.4 Å². The van der Waals surface area contributed by atoms with Gasteiger partial charge in [0.25, 0.3) is 11.8 Å². The summed E-state index contributed by atoms with van der Waals surface area (Å²) in [6.07, 6.45) is 0. The number of rotatable bonds is 5. The van der Waals surface area contributed by atoms with E-state index in [1.54, 1.807) is 18.2 Å². The van der Waals surface area contributed by atoms with Crippen molar-refractivity contribution in [2.75, 3.05) is 17.3 Å². The van der Waals surface area contributed by atoms with E-state index >= 15 is 0 Å². The molecule has 1 aromatic heterocycles. The number of hydrogen-bond acceptors (Lipinski definition) is 5. The van der Waals surface area contributed by atoms with Crippen LogP contribution in [0.3, 0.4) is 0 Å². The summed E-state index contributed by atoms with van der Waals surface area (Å²) >= 11 is 7.65. The molecule has 152 valence electrons. The fourth-order valence-corrected chi connectivity index (χ4v) is 4.37. The molecule has 5 nitrogen and oxygen atoms in total. The number of nitrogens with one attached hydrogen (secondary N) is 1. The number of methoxy groups -OCH3 is 1. The molecule has 1 aliphatic heterocycles. The van der Waals surface area contributed by atoms with E-state index in [0.29, 0.717) is 22.0 Å². The maximum atomic E-state index is 13.4. The molecule has 1 N–H and O–H groups in total. The zero-order chi connectivity index (χ0) is 21.4. The maximum absolute atomic E-state index is 13.4.